The highest BCUT2D eigenvalue weighted by Crippen LogP contribution is 2.45. The summed E-state index contributed by atoms with van der Waals surface area (Å²) in [6.07, 6.45) is 4.90. The molecule has 3 heterocycles. The van der Waals surface area contributed by atoms with Gasteiger partial charge in [0.05, 0.1) is 0 Å². The normalized spacial score (nSPS) is 36.1. The number of hydrogen-bond acceptors (Lipinski definition) is 3. The predicted octanol–water partition coefficient (Wildman–Crippen LogP) is 2.05. The summed E-state index contributed by atoms with van der Waals surface area (Å²) >= 11 is 0. The van der Waals surface area contributed by atoms with Gasteiger partial charge in [-0.1, -0.05) is 0 Å². The Kier molecular flexibility index (Phi) is 2.36. The van der Waals surface area contributed by atoms with Crippen LogP contribution in [0.5, 0.6) is 0 Å². The van der Waals surface area contributed by atoms with Gasteiger partial charge in [-0.2, -0.15) is 0 Å². The number of nitrogens with one attached hydrogen (secondary N) is 1. The Morgan fingerprint density at radius 3 is 2.71 bits per heavy atom. The number of halogens is 1. The summed E-state index contributed by atoms with van der Waals surface area (Å²) < 4.78 is 15.1. The van der Waals surface area contributed by atoms with E-state index in [1.54, 1.807) is 6.20 Å². The van der Waals surface area contributed by atoms with E-state index in [9.17, 15) is 0 Å². The second-order valence-electron chi connectivity index (χ2n) is 5.46. The van der Waals surface area contributed by atoms with Gasteiger partial charge in [0.2, 0.25) is 0 Å². The lowest BCUT2D eigenvalue weighted by Gasteiger charge is -2.35. The van der Waals surface area contributed by atoms with Gasteiger partial charge >= 0.3 is 0 Å². The molecular weight excluding hydrogens is 217 g/mol. The molecule has 0 aliphatic carbocycles. The number of alkyl halides is 1. The van der Waals surface area contributed by atoms with Gasteiger partial charge in [-0.05, 0) is 31.4 Å². The maximum Gasteiger partial charge on any atom is 0.142 e. The van der Waals surface area contributed by atoms with Crippen molar-refractivity contribution in [3.05, 3.63) is 23.4 Å². The molecular formula is C13H18FN3. The van der Waals surface area contributed by atoms with Gasteiger partial charge in [-0.3, -0.25) is 0 Å². The molecule has 17 heavy (non-hydrogen) atoms. The van der Waals surface area contributed by atoms with Crippen molar-refractivity contribution < 1.29 is 4.39 Å². The van der Waals surface area contributed by atoms with Crippen LogP contribution in [-0.4, -0.2) is 17.1 Å². The van der Waals surface area contributed by atoms with Crippen LogP contribution in [0.3, 0.4) is 0 Å². The molecule has 4 heteroatoms. The highest BCUT2D eigenvalue weighted by molar-refractivity contribution is 5.45. The second-order valence-corrected chi connectivity index (χ2v) is 5.46. The molecule has 2 saturated heterocycles. The number of rotatable bonds is 1. The first-order valence-corrected chi connectivity index (χ1v) is 6.24. The third-order valence-corrected chi connectivity index (χ3v) is 4.01. The van der Waals surface area contributed by atoms with E-state index < -0.39 is 5.67 Å². The van der Waals surface area contributed by atoms with Gasteiger partial charge in [0, 0.05) is 36.7 Å². The van der Waals surface area contributed by atoms with Crippen molar-refractivity contribution in [1.29, 1.82) is 0 Å². The largest absolute Gasteiger partial charge is 0.383 e. The number of hydrogen-bond donors (Lipinski definition) is 2. The van der Waals surface area contributed by atoms with Crippen molar-refractivity contribution in [3.8, 4) is 0 Å². The molecule has 1 aromatic rings. The highest BCUT2D eigenvalue weighted by atomic mass is 19.1. The minimum absolute atomic E-state index is 0.304. The molecule has 92 valence electrons. The summed E-state index contributed by atoms with van der Waals surface area (Å²) in [4.78, 5) is 4.09. The standard InChI is InChI=1S/C13H18FN3/c1-8-4-11(12(15)16-7-8)13(14)5-9-2-3-10(6-13)17-9/h4,7,9-10,17H,2-3,5-6H2,1H3,(H2,15,16). The second kappa shape index (κ2) is 3.67. The summed E-state index contributed by atoms with van der Waals surface area (Å²) in [5.41, 5.74) is 6.12. The van der Waals surface area contributed by atoms with Gasteiger partial charge in [-0.15, -0.1) is 0 Å². The molecule has 0 saturated carbocycles. The Morgan fingerprint density at radius 1 is 1.41 bits per heavy atom. The molecule has 1 aromatic heterocycles. The van der Waals surface area contributed by atoms with Crippen molar-refractivity contribution >= 4 is 5.82 Å². The summed E-state index contributed by atoms with van der Waals surface area (Å²) in [6.45, 7) is 1.93. The summed E-state index contributed by atoms with van der Waals surface area (Å²) in [6, 6.07) is 2.46. The van der Waals surface area contributed by atoms with Crippen LogP contribution >= 0.6 is 0 Å². The van der Waals surface area contributed by atoms with Crippen LogP contribution in [0, 0.1) is 6.92 Å². The van der Waals surface area contributed by atoms with Crippen LogP contribution in [0.2, 0.25) is 0 Å². The average molecular weight is 235 g/mol. The Hall–Kier alpha value is -1.16. The summed E-state index contributed by atoms with van der Waals surface area (Å²) in [5.74, 6) is 0.347. The smallest absolute Gasteiger partial charge is 0.142 e. The number of aryl methyl sites for hydroxylation is 1. The number of nitrogen functional groups attached to an aromatic ring is 1. The molecule has 3 nitrogen and oxygen atoms in total. The molecule has 3 rings (SSSR count). The molecule has 3 N–H and O–H groups in total. The maximum absolute atomic E-state index is 15.1. The fourth-order valence-electron chi connectivity index (χ4n) is 3.25. The predicted molar refractivity (Wildman–Crippen MR) is 65.4 cm³/mol. The highest BCUT2D eigenvalue weighted by Gasteiger charge is 2.46. The average Bonchev–Trinajstić information content (AvgIpc) is 2.62. The molecule has 0 spiro atoms. The third kappa shape index (κ3) is 1.80. The van der Waals surface area contributed by atoms with Gasteiger partial charge < -0.3 is 11.1 Å². The first-order chi connectivity index (χ1) is 8.07. The Bertz CT molecular complexity index is 434. The van der Waals surface area contributed by atoms with Crippen LogP contribution < -0.4 is 11.1 Å². The molecule has 0 aromatic carbocycles. The first kappa shape index (κ1) is 11.0. The van der Waals surface area contributed by atoms with Crippen LogP contribution in [0.15, 0.2) is 12.3 Å². The molecule has 2 atom stereocenters. The van der Waals surface area contributed by atoms with Gasteiger partial charge in [-0.25, -0.2) is 9.37 Å². The fraction of sp³-hybridized carbons (Fsp3) is 0.615. The third-order valence-electron chi connectivity index (χ3n) is 4.01. The monoisotopic (exact) mass is 235 g/mol. The van der Waals surface area contributed by atoms with E-state index in [4.69, 9.17) is 5.73 Å². The van der Waals surface area contributed by atoms with E-state index in [0.717, 1.165) is 18.4 Å². The number of nitrogens with two attached hydrogens (primary N) is 1. The lowest BCUT2D eigenvalue weighted by Crippen LogP contribution is -2.44. The molecule has 2 aliphatic heterocycles. The topological polar surface area (TPSA) is 50.9 Å². The fourth-order valence-corrected chi connectivity index (χ4v) is 3.25. The minimum atomic E-state index is -1.29. The van der Waals surface area contributed by atoms with Crippen molar-refractivity contribution in [2.24, 2.45) is 0 Å². The Balaban J connectivity index is 1.99. The number of piperidine rings is 1. The van der Waals surface area contributed by atoms with E-state index in [1.165, 1.54) is 0 Å². The quantitative estimate of drug-likeness (QED) is 0.783. The van der Waals surface area contributed by atoms with E-state index in [0.29, 0.717) is 36.3 Å². The zero-order chi connectivity index (χ0) is 12.0. The van der Waals surface area contributed by atoms with E-state index >= 15 is 4.39 Å². The molecule has 2 fully saturated rings. The minimum Gasteiger partial charge on any atom is -0.383 e. The molecule has 0 radical (unpaired) electrons. The Morgan fingerprint density at radius 2 is 2.06 bits per heavy atom. The van der Waals surface area contributed by atoms with E-state index in [2.05, 4.69) is 10.3 Å². The van der Waals surface area contributed by atoms with E-state index in [1.807, 2.05) is 13.0 Å². The van der Waals surface area contributed by atoms with Crippen molar-refractivity contribution in [3.63, 3.8) is 0 Å². The lowest BCUT2D eigenvalue weighted by molar-refractivity contribution is 0.0878. The SMILES string of the molecule is Cc1cnc(N)c(C2(F)CC3CCC(C2)N3)c1. The van der Waals surface area contributed by atoms with Crippen molar-refractivity contribution in [1.82, 2.24) is 10.3 Å². The van der Waals surface area contributed by atoms with Crippen molar-refractivity contribution in [2.45, 2.75) is 50.4 Å². The molecule has 2 unspecified atom stereocenters. The number of anilines is 1. The van der Waals surface area contributed by atoms with Crippen LogP contribution in [0.4, 0.5) is 10.2 Å². The van der Waals surface area contributed by atoms with Crippen LogP contribution in [0.25, 0.3) is 0 Å². The van der Waals surface area contributed by atoms with Crippen molar-refractivity contribution in [2.75, 3.05) is 5.73 Å². The number of pyridine rings is 1. The molecule has 2 aliphatic rings. The van der Waals surface area contributed by atoms with Gasteiger partial charge in [0.15, 0.2) is 0 Å². The van der Waals surface area contributed by atoms with Crippen LogP contribution in [0.1, 0.15) is 36.8 Å². The Labute approximate surface area is 101 Å². The maximum atomic E-state index is 15.1. The zero-order valence-electron chi connectivity index (χ0n) is 10.0. The first-order valence-electron chi connectivity index (χ1n) is 6.24. The summed E-state index contributed by atoms with van der Waals surface area (Å²) in [7, 11) is 0. The number of fused-ring (bicyclic) bond motifs is 2. The van der Waals surface area contributed by atoms with E-state index in [-0.39, 0.29) is 0 Å². The number of nitrogens with zero attached hydrogens (tertiary/aromatic N) is 1. The molecule has 2 bridgehead atoms. The molecule has 0 amide bonds. The van der Waals surface area contributed by atoms with Gasteiger partial charge in [0.1, 0.15) is 11.5 Å². The zero-order valence-corrected chi connectivity index (χ0v) is 10.0. The van der Waals surface area contributed by atoms with Crippen LogP contribution in [-0.2, 0) is 5.67 Å². The van der Waals surface area contributed by atoms with Gasteiger partial charge in [0.25, 0.3) is 0 Å². The number of aromatic nitrogens is 1. The lowest BCUT2D eigenvalue weighted by atomic mass is 9.83. The summed E-state index contributed by atoms with van der Waals surface area (Å²) in [5, 5.41) is 3.45.